The zero-order valence-corrected chi connectivity index (χ0v) is 22.6. The molecule has 0 bridgehead atoms. The molecule has 4 aliphatic rings. The summed E-state index contributed by atoms with van der Waals surface area (Å²) in [5.41, 5.74) is 7.30. The molecule has 1 amide bonds. The molecule has 0 spiro atoms. The van der Waals surface area contributed by atoms with Gasteiger partial charge in [0.05, 0.1) is 20.3 Å². The third-order valence-corrected chi connectivity index (χ3v) is 8.87. The minimum Gasteiger partial charge on any atom is -0.508 e. The zero-order valence-electron chi connectivity index (χ0n) is 22.6. The minimum atomic E-state index is -1.64. The highest BCUT2D eigenvalue weighted by Crippen LogP contribution is 2.55. The minimum absolute atomic E-state index is 0.0844. The van der Waals surface area contributed by atoms with Crippen LogP contribution in [0.15, 0.2) is 17.4 Å². The lowest BCUT2D eigenvalue weighted by Gasteiger charge is -2.54. The van der Waals surface area contributed by atoms with Crippen LogP contribution in [0.1, 0.15) is 36.0 Å². The molecule has 38 heavy (non-hydrogen) atoms. The molecule has 0 heterocycles. The number of ketones is 2. The normalized spacial score (nSPS) is 30.6. The molecule has 1 aromatic carbocycles. The number of hydrogen-bond donors (Lipinski definition) is 3. The van der Waals surface area contributed by atoms with Crippen molar-refractivity contribution in [2.45, 2.75) is 56.3 Å². The van der Waals surface area contributed by atoms with E-state index in [1.165, 1.54) is 14.2 Å². The van der Waals surface area contributed by atoms with E-state index in [1.807, 2.05) is 0 Å². The van der Waals surface area contributed by atoms with Crippen LogP contribution >= 0.6 is 0 Å². The average Bonchev–Trinajstić information content (AvgIpc) is 3.69. The van der Waals surface area contributed by atoms with E-state index in [-0.39, 0.29) is 11.7 Å². The van der Waals surface area contributed by atoms with Crippen LogP contribution < -0.4 is 15.8 Å². The Morgan fingerprint density at radius 3 is 2.45 bits per heavy atom. The van der Waals surface area contributed by atoms with Gasteiger partial charge in [0.2, 0.25) is 5.91 Å². The van der Waals surface area contributed by atoms with Crippen LogP contribution in [0.4, 0.5) is 0 Å². The van der Waals surface area contributed by atoms with E-state index >= 15 is 0 Å². The number of nitrogens with one attached hydrogen (secondary N) is 1. The van der Waals surface area contributed by atoms with Gasteiger partial charge < -0.3 is 30.4 Å². The number of hydrogen-bond acceptors (Lipinski definition) is 9. The highest BCUT2D eigenvalue weighted by atomic mass is 16.5. The Bertz CT molecular complexity index is 1220. The number of rotatable bonds is 8. The quantitative estimate of drug-likeness (QED) is 0.420. The fourth-order valence-electron chi connectivity index (χ4n) is 7.09. The number of primary amides is 1. The second kappa shape index (κ2) is 9.66. The number of carbonyl (C=O) groups is 3. The predicted octanol–water partition coefficient (Wildman–Crippen LogP) is 0.857. The Hall–Kier alpha value is -2.95. The highest BCUT2D eigenvalue weighted by molar-refractivity contribution is 6.24. The van der Waals surface area contributed by atoms with Crippen molar-refractivity contribution in [2.24, 2.45) is 23.5 Å². The molecule has 206 valence electrons. The molecule has 0 aromatic heterocycles. The Morgan fingerprint density at radius 1 is 1.18 bits per heavy atom. The van der Waals surface area contributed by atoms with Gasteiger partial charge in [-0.2, -0.15) is 0 Å². The standard InChI is InChI=1S/C28H37N3O7/c1-31(2)22-19-9-13-8-18-17(20(32)10-14(24(18)36-3)12-30-15-6-7-15)11-16(13)26(37-4)28(19,38-5)25(34)21(23(22)33)27(29)35/h10,13,15,19,21-22,30,32H,6-9,11-12H2,1-5H3,(H2,29,35). The SMILES string of the molecule is COC1=C2Cc3c(O)cc(CNC4CC4)c(OC)c3CC2CC2C(N(C)C)C(=O)C(C(N)=O)C(=O)C12OC. The van der Waals surface area contributed by atoms with Gasteiger partial charge in [0.15, 0.2) is 23.1 Å². The number of likely N-dealkylation sites (N-methyl/N-ethyl adjacent to an activating group) is 1. The number of aromatic hydroxyl groups is 1. The topological polar surface area (TPSA) is 140 Å². The summed E-state index contributed by atoms with van der Waals surface area (Å²) in [5, 5.41) is 14.6. The first-order valence-electron chi connectivity index (χ1n) is 13.1. The molecule has 10 nitrogen and oxygen atoms in total. The van der Waals surface area contributed by atoms with E-state index in [0.717, 1.165) is 40.9 Å². The molecule has 5 atom stereocenters. The molecule has 10 heteroatoms. The molecule has 4 aliphatic carbocycles. The number of allylic oxidation sites excluding steroid dienone is 1. The number of methoxy groups -OCH3 is 3. The maximum Gasteiger partial charge on any atom is 0.235 e. The van der Waals surface area contributed by atoms with Gasteiger partial charge in [0.1, 0.15) is 17.3 Å². The van der Waals surface area contributed by atoms with Gasteiger partial charge in [-0.25, -0.2) is 0 Å². The number of fused-ring (bicyclic) bond motifs is 3. The first-order chi connectivity index (χ1) is 18.1. The van der Waals surface area contributed by atoms with Gasteiger partial charge in [-0.3, -0.25) is 19.3 Å². The van der Waals surface area contributed by atoms with Crippen LogP contribution in [0.25, 0.3) is 0 Å². The van der Waals surface area contributed by atoms with Gasteiger partial charge in [-0.1, -0.05) is 0 Å². The zero-order chi connectivity index (χ0) is 27.5. The maximum atomic E-state index is 13.9. The predicted molar refractivity (Wildman–Crippen MR) is 137 cm³/mol. The van der Waals surface area contributed by atoms with Crippen molar-refractivity contribution in [3.05, 3.63) is 34.1 Å². The molecule has 2 fully saturated rings. The van der Waals surface area contributed by atoms with Crippen molar-refractivity contribution in [1.29, 1.82) is 0 Å². The fraction of sp³-hybridized carbons (Fsp3) is 0.607. The van der Waals surface area contributed by atoms with E-state index in [1.54, 1.807) is 32.2 Å². The highest BCUT2D eigenvalue weighted by Gasteiger charge is 2.67. The number of carbonyl (C=O) groups excluding carboxylic acids is 3. The van der Waals surface area contributed by atoms with Crippen LogP contribution in [0, 0.1) is 17.8 Å². The third kappa shape index (κ3) is 3.84. The van der Waals surface area contributed by atoms with Crippen LogP contribution in [-0.2, 0) is 43.2 Å². The number of nitrogens with zero attached hydrogens (tertiary/aromatic N) is 1. The molecular weight excluding hydrogens is 490 g/mol. The average molecular weight is 528 g/mol. The Kier molecular flexibility index (Phi) is 6.77. The lowest BCUT2D eigenvalue weighted by atomic mass is 9.56. The molecule has 0 saturated heterocycles. The summed E-state index contributed by atoms with van der Waals surface area (Å²) in [4.78, 5) is 41.5. The molecule has 4 N–H and O–H groups in total. The van der Waals surface area contributed by atoms with E-state index in [9.17, 15) is 19.5 Å². The molecule has 2 saturated carbocycles. The van der Waals surface area contributed by atoms with Gasteiger partial charge in [0.25, 0.3) is 0 Å². The van der Waals surface area contributed by atoms with E-state index in [2.05, 4.69) is 5.32 Å². The summed E-state index contributed by atoms with van der Waals surface area (Å²) in [5.74, 6) is -3.28. The second-order valence-corrected chi connectivity index (χ2v) is 11.1. The van der Waals surface area contributed by atoms with Crippen molar-refractivity contribution in [1.82, 2.24) is 10.2 Å². The van der Waals surface area contributed by atoms with E-state index in [0.29, 0.717) is 37.6 Å². The number of Topliss-reactive ketones (excluding diaryl/α,β-unsaturated/α-hetero) is 2. The number of benzene rings is 1. The molecule has 0 radical (unpaired) electrons. The molecule has 5 rings (SSSR count). The van der Waals surface area contributed by atoms with Crippen LogP contribution in [0.3, 0.4) is 0 Å². The number of phenolic OH excluding ortho intramolecular Hbond substituents is 1. The summed E-state index contributed by atoms with van der Waals surface area (Å²) < 4.78 is 17.8. The molecule has 0 aliphatic heterocycles. The lowest BCUT2D eigenvalue weighted by Crippen LogP contribution is -2.70. The third-order valence-electron chi connectivity index (χ3n) is 8.87. The van der Waals surface area contributed by atoms with Gasteiger partial charge in [0, 0.05) is 48.7 Å². The summed E-state index contributed by atoms with van der Waals surface area (Å²) >= 11 is 0. The summed E-state index contributed by atoms with van der Waals surface area (Å²) in [7, 11) is 8.01. The van der Waals surface area contributed by atoms with Crippen LogP contribution in [-0.4, -0.2) is 80.6 Å². The van der Waals surface area contributed by atoms with Crippen molar-refractivity contribution < 1.29 is 33.7 Å². The Morgan fingerprint density at radius 2 is 1.89 bits per heavy atom. The van der Waals surface area contributed by atoms with E-state index < -0.39 is 41.0 Å². The van der Waals surface area contributed by atoms with Crippen LogP contribution in [0.2, 0.25) is 0 Å². The monoisotopic (exact) mass is 527 g/mol. The Labute approximate surface area is 222 Å². The molecular formula is C28H37N3O7. The largest absolute Gasteiger partial charge is 0.508 e. The van der Waals surface area contributed by atoms with Crippen LogP contribution in [0.5, 0.6) is 11.5 Å². The van der Waals surface area contributed by atoms with Crippen molar-refractivity contribution in [2.75, 3.05) is 35.4 Å². The first kappa shape index (κ1) is 26.6. The van der Waals surface area contributed by atoms with Gasteiger partial charge in [-0.15, -0.1) is 0 Å². The van der Waals surface area contributed by atoms with Crippen molar-refractivity contribution in [3.63, 3.8) is 0 Å². The second-order valence-electron chi connectivity index (χ2n) is 11.1. The number of amides is 1. The fourth-order valence-corrected chi connectivity index (χ4v) is 7.09. The summed E-state index contributed by atoms with van der Waals surface area (Å²) in [6, 6.07) is 1.47. The van der Waals surface area contributed by atoms with Crippen molar-refractivity contribution >= 4 is 17.5 Å². The first-order valence-corrected chi connectivity index (χ1v) is 13.1. The van der Waals surface area contributed by atoms with Gasteiger partial charge >= 0.3 is 0 Å². The smallest absolute Gasteiger partial charge is 0.235 e. The number of ether oxygens (including phenoxy) is 3. The maximum absolute atomic E-state index is 13.9. The summed E-state index contributed by atoms with van der Waals surface area (Å²) in [6.45, 7) is 0.598. The molecule has 1 aromatic rings. The molecule has 5 unspecified atom stereocenters. The summed E-state index contributed by atoms with van der Waals surface area (Å²) in [6.07, 6.45) is 3.63. The van der Waals surface area contributed by atoms with Crippen molar-refractivity contribution in [3.8, 4) is 11.5 Å². The van der Waals surface area contributed by atoms with E-state index in [4.69, 9.17) is 19.9 Å². The Balaban J connectivity index is 1.66. The number of phenols is 1. The number of nitrogens with two attached hydrogens (primary N) is 1. The lowest BCUT2D eigenvalue weighted by molar-refractivity contribution is -0.175. The van der Waals surface area contributed by atoms with Gasteiger partial charge in [-0.05, 0) is 57.3 Å².